The van der Waals surface area contributed by atoms with Crippen molar-refractivity contribution in [1.29, 1.82) is 0 Å². The standard InChI is InChI=1S/C12H24N4O2/c1-13-12(16-10-5-3-4-6-10)15-9-11(17)14-7-8-18-2/h10H,3-9H2,1-2H3,(H,14,17)(H2,13,15,16). The summed E-state index contributed by atoms with van der Waals surface area (Å²) in [6, 6.07) is 0.493. The fraction of sp³-hybridized carbons (Fsp3) is 0.833. The maximum atomic E-state index is 11.5. The van der Waals surface area contributed by atoms with Gasteiger partial charge >= 0.3 is 0 Å². The molecule has 0 aliphatic heterocycles. The topological polar surface area (TPSA) is 74.8 Å². The molecule has 104 valence electrons. The highest BCUT2D eigenvalue weighted by Crippen LogP contribution is 2.17. The van der Waals surface area contributed by atoms with Crippen LogP contribution in [-0.2, 0) is 9.53 Å². The molecule has 0 bridgehead atoms. The van der Waals surface area contributed by atoms with Crippen molar-refractivity contribution in [3.05, 3.63) is 0 Å². The molecule has 1 amide bonds. The van der Waals surface area contributed by atoms with E-state index in [1.807, 2.05) is 0 Å². The van der Waals surface area contributed by atoms with Crippen LogP contribution in [0.5, 0.6) is 0 Å². The lowest BCUT2D eigenvalue weighted by Gasteiger charge is -2.16. The fourth-order valence-corrected chi connectivity index (χ4v) is 1.98. The Bertz CT molecular complexity index is 275. The number of nitrogens with zero attached hydrogens (tertiary/aromatic N) is 1. The first-order valence-electron chi connectivity index (χ1n) is 6.49. The number of amides is 1. The molecule has 0 unspecified atom stereocenters. The quantitative estimate of drug-likeness (QED) is 0.351. The SMILES string of the molecule is CN=C(NCC(=O)NCCOC)NC1CCCC1. The molecule has 6 nitrogen and oxygen atoms in total. The Morgan fingerprint density at radius 3 is 2.67 bits per heavy atom. The van der Waals surface area contributed by atoms with Crippen molar-refractivity contribution in [3.8, 4) is 0 Å². The van der Waals surface area contributed by atoms with Crippen LogP contribution in [0.2, 0.25) is 0 Å². The molecule has 1 aliphatic rings. The molecule has 1 fully saturated rings. The molecule has 6 heteroatoms. The van der Waals surface area contributed by atoms with Crippen LogP contribution in [0.1, 0.15) is 25.7 Å². The van der Waals surface area contributed by atoms with Gasteiger partial charge in [-0.3, -0.25) is 9.79 Å². The summed E-state index contributed by atoms with van der Waals surface area (Å²) in [6.45, 7) is 1.29. The Labute approximate surface area is 109 Å². The summed E-state index contributed by atoms with van der Waals surface area (Å²) in [5.74, 6) is 0.644. The van der Waals surface area contributed by atoms with E-state index in [0.29, 0.717) is 25.2 Å². The second-order valence-corrected chi connectivity index (χ2v) is 4.39. The molecule has 0 aromatic heterocycles. The summed E-state index contributed by atoms with van der Waals surface area (Å²) >= 11 is 0. The molecular weight excluding hydrogens is 232 g/mol. The normalized spacial score (nSPS) is 16.7. The maximum Gasteiger partial charge on any atom is 0.239 e. The Morgan fingerprint density at radius 2 is 2.06 bits per heavy atom. The Balaban J connectivity index is 2.16. The second kappa shape index (κ2) is 8.74. The fourth-order valence-electron chi connectivity index (χ4n) is 1.98. The minimum absolute atomic E-state index is 0.0542. The van der Waals surface area contributed by atoms with Crippen molar-refractivity contribution >= 4 is 11.9 Å². The zero-order valence-corrected chi connectivity index (χ0v) is 11.3. The molecule has 0 radical (unpaired) electrons. The summed E-state index contributed by atoms with van der Waals surface area (Å²) in [7, 11) is 3.32. The van der Waals surface area contributed by atoms with E-state index in [1.54, 1.807) is 14.2 Å². The molecule has 1 rings (SSSR count). The van der Waals surface area contributed by atoms with E-state index in [-0.39, 0.29) is 12.5 Å². The first-order chi connectivity index (χ1) is 8.76. The van der Waals surface area contributed by atoms with Gasteiger partial charge in [-0.2, -0.15) is 0 Å². The highest BCUT2D eigenvalue weighted by Gasteiger charge is 2.15. The minimum Gasteiger partial charge on any atom is -0.383 e. The second-order valence-electron chi connectivity index (χ2n) is 4.39. The van der Waals surface area contributed by atoms with Crippen LogP contribution in [-0.4, -0.2) is 51.8 Å². The van der Waals surface area contributed by atoms with Gasteiger partial charge < -0.3 is 20.7 Å². The number of carbonyl (C=O) groups excluding carboxylic acids is 1. The average Bonchev–Trinajstić information content (AvgIpc) is 2.87. The number of nitrogens with one attached hydrogen (secondary N) is 3. The van der Waals surface area contributed by atoms with Crippen molar-refractivity contribution < 1.29 is 9.53 Å². The summed E-state index contributed by atoms with van der Waals surface area (Å²) < 4.78 is 4.86. The number of aliphatic imine (C=N–C) groups is 1. The van der Waals surface area contributed by atoms with E-state index < -0.39 is 0 Å². The van der Waals surface area contributed by atoms with Gasteiger partial charge in [0.15, 0.2) is 5.96 Å². The van der Waals surface area contributed by atoms with Gasteiger partial charge in [0.1, 0.15) is 0 Å². The number of carbonyl (C=O) groups is 1. The van der Waals surface area contributed by atoms with Gasteiger partial charge in [0, 0.05) is 26.7 Å². The van der Waals surface area contributed by atoms with E-state index in [9.17, 15) is 4.79 Å². The summed E-state index contributed by atoms with van der Waals surface area (Å²) in [5, 5.41) is 9.08. The molecule has 0 heterocycles. The molecule has 0 spiro atoms. The van der Waals surface area contributed by atoms with E-state index in [4.69, 9.17) is 4.74 Å². The molecule has 0 aromatic rings. The van der Waals surface area contributed by atoms with Crippen LogP contribution in [0.25, 0.3) is 0 Å². The van der Waals surface area contributed by atoms with Crippen molar-refractivity contribution in [3.63, 3.8) is 0 Å². The average molecular weight is 256 g/mol. The summed E-state index contributed by atoms with van der Waals surface area (Å²) in [5.41, 5.74) is 0. The zero-order chi connectivity index (χ0) is 13.2. The molecule has 0 saturated heterocycles. The number of guanidine groups is 1. The Kier molecular flexibility index (Phi) is 7.17. The monoisotopic (exact) mass is 256 g/mol. The molecular formula is C12H24N4O2. The van der Waals surface area contributed by atoms with Gasteiger partial charge in [0.2, 0.25) is 5.91 Å². The van der Waals surface area contributed by atoms with E-state index >= 15 is 0 Å². The largest absolute Gasteiger partial charge is 0.383 e. The van der Waals surface area contributed by atoms with Crippen LogP contribution >= 0.6 is 0 Å². The predicted octanol–water partition coefficient (Wildman–Crippen LogP) is -0.143. The molecule has 3 N–H and O–H groups in total. The van der Waals surface area contributed by atoms with Gasteiger partial charge in [0.05, 0.1) is 13.2 Å². The maximum absolute atomic E-state index is 11.5. The molecule has 0 atom stereocenters. The van der Waals surface area contributed by atoms with Crippen LogP contribution in [0.4, 0.5) is 0 Å². The molecule has 0 aromatic carbocycles. The Morgan fingerprint density at radius 1 is 1.33 bits per heavy atom. The van der Waals surface area contributed by atoms with Gasteiger partial charge in [-0.1, -0.05) is 12.8 Å². The zero-order valence-electron chi connectivity index (χ0n) is 11.3. The third-order valence-electron chi connectivity index (χ3n) is 2.96. The minimum atomic E-state index is -0.0542. The molecule has 18 heavy (non-hydrogen) atoms. The van der Waals surface area contributed by atoms with E-state index in [0.717, 1.165) is 0 Å². The first kappa shape index (κ1) is 14.8. The Hall–Kier alpha value is -1.30. The van der Waals surface area contributed by atoms with Gasteiger partial charge in [0.25, 0.3) is 0 Å². The number of hydrogen-bond donors (Lipinski definition) is 3. The third-order valence-corrected chi connectivity index (χ3v) is 2.96. The van der Waals surface area contributed by atoms with Crippen molar-refractivity contribution in [1.82, 2.24) is 16.0 Å². The predicted molar refractivity (Wildman–Crippen MR) is 71.6 cm³/mol. The summed E-state index contributed by atoms with van der Waals surface area (Å²) in [6.07, 6.45) is 4.90. The van der Waals surface area contributed by atoms with Crippen LogP contribution in [0.3, 0.4) is 0 Å². The number of ether oxygens (including phenoxy) is 1. The van der Waals surface area contributed by atoms with Crippen LogP contribution in [0.15, 0.2) is 4.99 Å². The lowest BCUT2D eigenvalue weighted by molar-refractivity contribution is -0.120. The smallest absolute Gasteiger partial charge is 0.239 e. The molecule has 1 saturated carbocycles. The van der Waals surface area contributed by atoms with Gasteiger partial charge in [-0.15, -0.1) is 0 Å². The van der Waals surface area contributed by atoms with Gasteiger partial charge in [-0.25, -0.2) is 0 Å². The lowest BCUT2D eigenvalue weighted by atomic mass is 10.2. The van der Waals surface area contributed by atoms with Crippen LogP contribution in [0, 0.1) is 0 Å². The lowest BCUT2D eigenvalue weighted by Crippen LogP contribution is -2.46. The molecule has 1 aliphatic carbocycles. The highest BCUT2D eigenvalue weighted by molar-refractivity contribution is 5.86. The van der Waals surface area contributed by atoms with Crippen molar-refractivity contribution in [2.24, 2.45) is 4.99 Å². The number of rotatable bonds is 6. The first-order valence-corrected chi connectivity index (χ1v) is 6.49. The summed E-state index contributed by atoms with van der Waals surface area (Å²) in [4.78, 5) is 15.6. The van der Waals surface area contributed by atoms with Crippen molar-refractivity contribution in [2.45, 2.75) is 31.7 Å². The highest BCUT2D eigenvalue weighted by atomic mass is 16.5. The number of hydrogen-bond acceptors (Lipinski definition) is 3. The van der Waals surface area contributed by atoms with Crippen LogP contribution < -0.4 is 16.0 Å². The number of methoxy groups -OCH3 is 1. The van der Waals surface area contributed by atoms with Crippen molar-refractivity contribution in [2.75, 3.05) is 33.9 Å². The van der Waals surface area contributed by atoms with Gasteiger partial charge in [-0.05, 0) is 12.8 Å². The third kappa shape index (κ3) is 5.86. The van der Waals surface area contributed by atoms with E-state index in [1.165, 1.54) is 25.7 Å². The van der Waals surface area contributed by atoms with E-state index in [2.05, 4.69) is 20.9 Å².